The van der Waals surface area contributed by atoms with Gasteiger partial charge >= 0.3 is 0 Å². The van der Waals surface area contributed by atoms with Gasteiger partial charge in [0.05, 0.1) is 5.52 Å². The lowest BCUT2D eigenvalue weighted by Gasteiger charge is -2.38. The maximum atomic E-state index is 13.1. The van der Waals surface area contributed by atoms with E-state index in [1.807, 2.05) is 44.0 Å². The second-order valence-electron chi connectivity index (χ2n) is 7.73. The number of piperidine rings is 1. The molecular weight excluding hydrogens is 366 g/mol. The van der Waals surface area contributed by atoms with Crippen molar-refractivity contribution in [2.75, 3.05) is 20.1 Å². The number of likely N-dealkylation sites (tertiary alicyclic amines) is 1. The highest BCUT2D eigenvalue weighted by molar-refractivity contribution is 5.99. The van der Waals surface area contributed by atoms with Crippen molar-refractivity contribution >= 4 is 22.7 Å². The first-order chi connectivity index (χ1) is 14.0. The van der Waals surface area contributed by atoms with Crippen LogP contribution in [0, 0.1) is 13.8 Å². The van der Waals surface area contributed by atoms with E-state index in [2.05, 4.69) is 15.2 Å². The average molecular weight is 391 g/mol. The summed E-state index contributed by atoms with van der Waals surface area (Å²) in [5.41, 5.74) is 3.98. The third-order valence-electron chi connectivity index (χ3n) is 5.79. The Hall–Kier alpha value is -3.22. The summed E-state index contributed by atoms with van der Waals surface area (Å²) < 4.78 is 0. The molecule has 0 aliphatic carbocycles. The molecule has 1 aliphatic heterocycles. The van der Waals surface area contributed by atoms with Gasteiger partial charge in [0.15, 0.2) is 0 Å². The molecule has 150 valence electrons. The van der Waals surface area contributed by atoms with Crippen LogP contribution in [-0.4, -0.2) is 63.0 Å². The molecule has 1 N–H and O–H groups in total. The highest BCUT2D eigenvalue weighted by atomic mass is 16.2. The summed E-state index contributed by atoms with van der Waals surface area (Å²) in [6.45, 7) is 5.08. The van der Waals surface area contributed by atoms with E-state index < -0.39 is 0 Å². The van der Waals surface area contributed by atoms with Crippen LogP contribution >= 0.6 is 0 Å². The maximum Gasteiger partial charge on any atom is 0.254 e. The van der Waals surface area contributed by atoms with Crippen molar-refractivity contribution in [1.29, 1.82) is 0 Å². The maximum absolute atomic E-state index is 13.1. The summed E-state index contributed by atoms with van der Waals surface area (Å²) in [5.74, 6) is -0.0298. The fourth-order valence-electron chi connectivity index (χ4n) is 3.98. The third-order valence-corrected chi connectivity index (χ3v) is 5.79. The first-order valence-corrected chi connectivity index (χ1v) is 9.87. The van der Waals surface area contributed by atoms with Crippen LogP contribution in [0.4, 0.5) is 0 Å². The Kier molecular flexibility index (Phi) is 5.05. The van der Waals surface area contributed by atoms with Gasteiger partial charge in [0.2, 0.25) is 0 Å². The normalized spacial score (nSPS) is 16.8. The molecule has 0 spiro atoms. The first-order valence-electron chi connectivity index (χ1n) is 9.87. The van der Waals surface area contributed by atoms with Crippen LogP contribution in [0.2, 0.25) is 0 Å². The number of amides is 2. The molecule has 1 atom stereocenters. The van der Waals surface area contributed by atoms with E-state index in [0.717, 1.165) is 35.0 Å². The Morgan fingerprint density at radius 3 is 2.86 bits per heavy atom. The Labute approximate surface area is 169 Å². The molecule has 29 heavy (non-hydrogen) atoms. The van der Waals surface area contributed by atoms with Crippen molar-refractivity contribution in [3.63, 3.8) is 0 Å². The molecule has 0 saturated carbocycles. The van der Waals surface area contributed by atoms with Crippen LogP contribution in [0.3, 0.4) is 0 Å². The number of rotatable bonds is 3. The van der Waals surface area contributed by atoms with Crippen LogP contribution < -0.4 is 0 Å². The van der Waals surface area contributed by atoms with E-state index in [9.17, 15) is 9.59 Å². The summed E-state index contributed by atoms with van der Waals surface area (Å²) in [6.07, 6.45) is 5.11. The minimum atomic E-state index is -0.0353. The van der Waals surface area contributed by atoms with Crippen molar-refractivity contribution in [3.05, 3.63) is 59.0 Å². The van der Waals surface area contributed by atoms with E-state index >= 15 is 0 Å². The minimum Gasteiger partial charge on any atom is -0.337 e. The number of carbonyl (C=O) groups excluding carboxylic acids is 2. The molecule has 7 nitrogen and oxygen atoms in total. The van der Waals surface area contributed by atoms with Gasteiger partial charge in [-0.3, -0.25) is 19.7 Å². The fraction of sp³-hybridized carbons (Fsp3) is 0.364. The molecule has 2 amide bonds. The second kappa shape index (κ2) is 7.66. The molecule has 2 aromatic heterocycles. The number of aromatic amines is 1. The number of hydrogen-bond donors (Lipinski definition) is 1. The van der Waals surface area contributed by atoms with Crippen LogP contribution in [0.25, 0.3) is 10.9 Å². The van der Waals surface area contributed by atoms with Crippen LogP contribution in [-0.2, 0) is 0 Å². The number of pyridine rings is 1. The van der Waals surface area contributed by atoms with Crippen molar-refractivity contribution in [3.8, 4) is 0 Å². The number of likely N-dealkylation sites (N-methyl/N-ethyl adjacent to an activating group) is 1. The Balaban J connectivity index is 1.51. The van der Waals surface area contributed by atoms with E-state index in [1.165, 1.54) is 0 Å². The van der Waals surface area contributed by atoms with Crippen molar-refractivity contribution < 1.29 is 9.59 Å². The lowest BCUT2D eigenvalue weighted by Crippen LogP contribution is -2.50. The molecule has 7 heteroatoms. The van der Waals surface area contributed by atoms with Gasteiger partial charge in [-0.1, -0.05) is 0 Å². The van der Waals surface area contributed by atoms with E-state index in [0.29, 0.717) is 24.2 Å². The number of fused-ring (bicyclic) bond motifs is 1. The Bertz CT molecular complexity index is 1070. The van der Waals surface area contributed by atoms with Crippen molar-refractivity contribution in [2.45, 2.75) is 32.7 Å². The monoisotopic (exact) mass is 391 g/mol. The van der Waals surface area contributed by atoms with Crippen LogP contribution in [0.5, 0.6) is 0 Å². The van der Waals surface area contributed by atoms with Gasteiger partial charge in [-0.05, 0) is 56.5 Å². The minimum absolute atomic E-state index is 0.00545. The number of aryl methyl sites for hydroxylation is 2. The van der Waals surface area contributed by atoms with Gasteiger partial charge in [0.1, 0.15) is 0 Å². The number of carbonyl (C=O) groups is 2. The average Bonchev–Trinajstić information content (AvgIpc) is 3.13. The van der Waals surface area contributed by atoms with Gasteiger partial charge < -0.3 is 9.80 Å². The topological polar surface area (TPSA) is 82.2 Å². The summed E-state index contributed by atoms with van der Waals surface area (Å²) in [7, 11) is 1.82. The molecular formula is C22H25N5O2. The number of nitrogens with one attached hydrogen (secondary N) is 1. The lowest BCUT2D eigenvalue weighted by atomic mass is 10.0. The number of hydrogen-bond acceptors (Lipinski definition) is 4. The molecule has 1 fully saturated rings. The summed E-state index contributed by atoms with van der Waals surface area (Å²) in [6, 6.07) is 7.32. The SMILES string of the molecule is Cc1cnccc1C(=O)N1CCCC(N(C)C(=O)c2ccc3n[nH]c(C)c3c2)C1. The Morgan fingerprint density at radius 1 is 1.24 bits per heavy atom. The van der Waals surface area contributed by atoms with Crippen LogP contribution in [0.15, 0.2) is 36.7 Å². The number of nitrogens with zero attached hydrogens (tertiary/aromatic N) is 4. The number of benzene rings is 1. The highest BCUT2D eigenvalue weighted by Gasteiger charge is 2.30. The number of H-pyrrole nitrogens is 1. The quantitative estimate of drug-likeness (QED) is 0.744. The molecule has 1 saturated heterocycles. The molecule has 0 bridgehead atoms. The zero-order valence-electron chi connectivity index (χ0n) is 17.0. The van der Waals surface area contributed by atoms with Gasteiger partial charge in [0, 0.05) is 60.8 Å². The molecule has 4 rings (SSSR count). The molecule has 1 unspecified atom stereocenters. The largest absolute Gasteiger partial charge is 0.337 e. The third kappa shape index (κ3) is 3.60. The second-order valence-corrected chi connectivity index (χ2v) is 7.73. The summed E-state index contributed by atoms with van der Waals surface area (Å²) in [5, 5.41) is 8.13. The van der Waals surface area contributed by atoms with E-state index in [1.54, 1.807) is 23.4 Å². The van der Waals surface area contributed by atoms with E-state index in [-0.39, 0.29) is 17.9 Å². The van der Waals surface area contributed by atoms with E-state index in [4.69, 9.17) is 0 Å². The summed E-state index contributed by atoms with van der Waals surface area (Å²) in [4.78, 5) is 33.8. The molecule has 1 aromatic carbocycles. The van der Waals surface area contributed by atoms with Crippen molar-refractivity contribution in [2.24, 2.45) is 0 Å². The van der Waals surface area contributed by atoms with Gasteiger partial charge in [-0.15, -0.1) is 0 Å². The van der Waals surface area contributed by atoms with Crippen molar-refractivity contribution in [1.82, 2.24) is 25.0 Å². The fourth-order valence-corrected chi connectivity index (χ4v) is 3.98. The zero-order valence-corrected chi connectivity index (χ0v) is 17.0. The predicted octanol–water partition coefficient (Wildman–Crippen LogP) is 2.95. The highest BCUT2D eigenvalue weighted by Crippen LogP contribution is 2.22. The smallest absolute Gasteiger partial charge is 0.254 e. The van der Waals surface area contributed by atoms with Gasteiger partial charge in [-0.2, -0.15) is 5.10 Å². The molecule has 3 heterocycles. The van der Waals surface area contributed by atoms with Gasteiger partial charge in [0.25, 0.3) is 11.8 Å². The van der Waals surface area contributed by atoms with Crippen LogP contribution in [0.1, 0.15) is 44.8 Å². The number of aromatic nitrogens is 3. The molecule has 0 radical (unpaired) electrons. The predicted molar refractivity (Wildman–Crippen MR) is 111 cm³/mol. The molecule has 1 aliphatic rings. The Morgan fingerprint density at radius 2 is 2.07 bits per heavy atom. The van der Waals surface area contributed by atoms with Gasteiger partial charge in [-0.25, -0.2) is 0 Å². The zero-order chi connectivity index (χ0) is 20.5. The standard InChI is InChI=1S/C22H25N5O2/c1-14-12-23-9-8-18(14)22(29)27-10-4-5-17(13-27)26(3)21(28)16-6-7-20-19(11-16)15(2)24-25-20/h6-9,11-12,17H,4-5,10,13H2,1-3H3,(H,24,25). The lowest BCUT2D eigenvalue weighted by molar-refractivity contribution is 0.0520. The first kappa shape index (κ1) is 19.1. The molecule has 3 aromatic rings. The summed E-state index contributed by atoms with van der Waals surface area (Å²) >= 11 is 0.